The average Bonchev–Trinajstić information content (AvgIpc) is 3.27. The zero-order chi connectivity index (χ0) is 17.1. The molecule has 6 rings (SSSR count). The summed E-state index contributed by atoms with van der Waals surface area (Å²) >= 11 is 0. The van der Waals surface area contributed by atoms with Gasteiger partial charge in [0.15, 0.2) is 0 Å². The summed E-state index contributed by atoms with van der Waals surface area (Å²) in [6.07, 6.45) is 23.4. The van der Waals surface area contributed by atoms with Crippen LogP contribution in [-0.2, 0) is 9.47 Å². The number of ether oxygens (including phenoxy) is 2. The van der Waals surface area contributed by atoms with E-state index in [0.717, 1.165) is 25.2 Å². The van der Waals surface area contributed by atoms with Gasteiger partial charge in [-0.1, -0.05) is 23.8 Å². The zero-order valence-corrected chi connectivity index (χ0v) is 15.7. The number of hydrogen-bond acceptors (Lipinski definition) is 2. The van der Waals surface area contributed by atoms with Crippen molar-refractivity contribution >= 4 is 0 Å². The Hall–Kier alpha value is -1.28. The summed E-state index contributed by atoms with van der Waals surface area (Å²) in [4.78, 5) is 0. The molecule has 3 fully saturated rings. The van der Waals surface area contributed by atoms with Crippen LogP contribution in [0.25, 0.3) is 0 Å². The lowest BCUT2D eigenvalue weighted by atomic mass is 9.72. The van der Waals surface area contributed by atoms with Gasteiger partial charge in [0.05, 0.1) is 6.10 Å². The molecule has 2 nitrogen and oxygen atoms in total. The Morgan fingerprint density at radius 2 is 1.73 bits per heavy atom. The Bertz CT molecular complexity index is 694. The molecule has 0 bridgehead atoms. The lowest BCUT2D eigenvalue weighted by Gasteiger charge is -2.35. The van der Waals surface area contributed by atoms with Gasteiger partial charge in [0.25, 0.3) is 0 Å². The summed E-state index contributed by atoms with van der Waals surface area (Å²) in [5.74, 6) is 3.33. The van der Waals surface area contributed by atoms with Crippen LogP contribution < -0.4 is 0 Å². The van der Waals surface area contributed by atoms with Crippen molar-refractivity contribution in [2.45, 2.75) is 82.5 Å². The molecule has 4 aliphatic carbocycles. The first-order valence-corrected chi connectivity index (χ1v) is 10.9. The van der Waals surface area contributed by atoms with Crippen LogP contribution in [0.5, 0.6) is 0 Å². The molecular weight excluding hydrogens is 320 g/mol. The highest BCUT2D eigenvalue weighted by molar-refractivity contribution is 5.37. The third-order valence-electron chi connectivity index (χ3n) is 7.79. The molecule has 138 valence electrons. The summed E-state index contributed by atoms with van der Waals surface area (Å²) in [6, 6.07) is 0. The molecule has 0 radical (unpaired) electrons. The second-order valence-corrected chi connectivity index (χ2v) is 9.34. The fraction of sp³-hybridized carbons (Fsp3) is 0.667. The van der Waals surface area contributed by atoms with Gasteiger partial charge in [-0.25, -0.2) is 0 Å². The van der Waals surface area contributed by atoms with E-state index >= 15 is 0 Å². The first-order chi connectivity index (χ1) is 12.8. The van der Waals surface area contributed by atoms with E-state index < -0.39 is 0 Å². The van der Waals surface area contributed by atoms with Gasteiger partial charge in [-0.05, 0) is 86.8 Å². The van der Waals surface area contributed by atoms with Gasteiger partial charge < -0.3 is 9.47 Å². The van der Waals surface area contributed by atoms with Crippen LogP contribution in [0, 0.1) is 17.8 Å². The molecule has 26 heavy (non-hydrogen) atoms. The van der Waals surface area contributed by atoms with Gasteiger partial charge in [-0.15, -0.1) is 0 Å². The van der Waals surface area contributed by atoms with Crippen LogP contribution in [-0.4, -0.2) is 18.3 Å². The molecule has 0 spiro atoms. The smallest absolute Gasteiger partial charge is 0.122 e. The molecule has 6 aliphatic rings. The predicted molar refractivity (Wildman–Crippen MR) is 103 cm³/mol. The summed E-state index contributed by atoms with van der Waals surface area (Å²) < 4.78 is 13.0. The highest BCUT2D eigenvalue weighted by atomic mass is 16.6. The lowest BCUT2D eigenvalue weighted by molar-refractivity contribution is -0.000111. The quantitative estimate of drug-likeness (QED) is 0.571. The Morgan fingerprint density at radius 3 is 2.65 bits per heavy atom. The minimum absolute atomic E-state index is 0.216. The van der Waals surface area contributed by atoms with E-state index in [1.54, 1.807) is 16.7 Å². The molecule has 6 atom stereocenters. The molecule has 0 N–H and O–H groups in total. The van der Waals surface area contributed by atoms with Crippen molar-refractivity contribution in [1.82, 2.24) is 0 Å². The van der Waals surface area contributed by atoms with Crippen LogP contribution in [0.15, 0.2) is 46.8 Å². The molecule has 1 saturated heterocycles. The molecule has 2 heterocycles. The average molecular weight is 351 g/mol. The van der Waals surface area contributed by atoms with Gasteiger partial charge in [-0.2, -0.15) is 0 Å². The van der Waals surface area contributed by atoms with Crippen molar-refractivity contribution in [3.8, 4) is 0 Å². The van der Waals surface area contributed by atoms with E-state index in [-0.39, 0.29) is 6.10 Å². The normalized spacial score (nSPS) is 43.7. The number of rotatable bonds is 1. The van der Waals surface area contributed by atoms with Crippen molar-refractivity contribution < 1.29 is 9.47 Å². The van der Waals surface area contributed by atoms with Crippen molar-refractivity contribution in [3.05, 3.63) is 46.8 Å². The van der Waals surface area contributed by atoms with Crippen LogP contribution >= 0.6 is 0 Å². The monoisotopic (exact) mass is 350 g/mol. The lowest BCUT2D eigenvalue weighted by Crippen LogP contribution is -2.29. The Kier molecular flexibility index (Phi) is 3.71. The number of fused-ring (bicyclic) bond motifs is 4. The van der Waals surface area contributed by atoms with Crippen molar-refractivity contribution in [2.24, 2.45) is 17.8 Å². The predicted octanol–water partition coefficient (Wildman–Crippen LogP) is 5.62. The van der Waals surface area contributed by atoms with E-state index in [2.05, 4.69) is 24.3 Å². The van der Waals surface area contributed by atoms with Crippen molar-refractivity contribution in [3.63, 3.8) is 0 Å². The summed E-state index contributed by atoms with van der Waals surface area (Å²) in [5.41, 5.74) is 4.88. The summed E-state index contributed by atoms with van der Waals surface area (Å²) in [6.45, 7) is 0. The summed E-state index contributed by atoms with van der Waals surface area (Å²) in [7, 11) is 0. The fourth-order valence-corrected chi connectivity index (χ4v) is 6.42. The third kappa shape index (κ3) is 2.56. The Balaban J connectivity index is 1.17. The van der Waals surface area contributed by atoms with Crippen molar-refractivity contribution in [2.75, 3.05) is 0 Å². The highest BCUT2D eigenvalue weighted by Gasteiger charge is 2.45. The molecule has 0 aromatic carbocycles. The van der Waals surface area contributed by atoms with Crippen LogP contribution in [0.1, 0.15) is 64.2 Å². The van der Waals surface area contributed by atoms with Gasteiger partial charge in [0.1, 0.15) is 18.0 Å². The largest absolute Gasteiger partial charge is 0.491 e. The maximum absolute atomic E-state index is 6.55. The molecule has 0 aromatic heterocycles. The first kappa shape index (κ1) is 15.7. The molecule has 6 unspecified atom stereocenters. The van der Waals surface area contributed by atoms with Gasteiger partial charge in [0, 0.05) is 12.3 Å². The molecule has 2 saturated carbocycles. The SMILES string of the molecule is C1=C2CC3CC(C4=CC5CC6CCCC=C6CC5O4)OC3CC2=CCC1. The van der Waals surface area contributed by atoms with E-state index in [1.807, 2.05) is 0 Å². The number of hydrogen-bond donors (Lipinski definition) is 0. The van der Waals surface area contributed by atoms with Gasteiger partial charge in [-0.3, -0.25) is 0 Å². The minimum atomic E-state index is 0.216. The highest BCUT2D eigenvalue weighted by Crippen LogP contribution is 2.49. The zero-order valence-electron chi connectivity index (χ0n) is 15.7. The van der Waals surface area contributed by atoms with Crippen LogP contribution in [0.4, 0.5) is 0 Å². The molecule has 2 heteroatoms. The minimum Gasteiger partial charge on any atom is -0.491 e. The van der Waals surface area contributed by atoms with Gasteiger partial charge in [0.2, 0.25) is 0 Å². The second kappa shape index (κ2) is 6.12. The molecular formula is C24H30O2. The van der Waals surface area contributed by atoms with E-state index in [9.17, 15) is 0 Å². The van der Waals surface area contributed by atoms with Crippen LogP contribution in [0.2, 0.25) is 0 Å². The standard InChI is InChI=1S/C24H30O2/c1-3-7-17-11-21-19(9-15(17)5-1)13-23(25-21)24-14-20-10-16-6-2-4-8-18(16)12-22(20)26-24/h5,7-8,14,16,19-23H,1-4,6,9-13H2. The first-order valence-electron chi connectivity index (χ1n) is 10.9. The maximum atomic E-state index is 6.55. The van der Waals surface area contributed by atoms with E-state index in [4.69, 9.17) is 9.47 Å². The van der Waals surface area contributed by atoms with E-state index in [0.29, 0.717) is 24.0 Å². The Morgan fingerprint density at radius 1 is 0.846 bits per heavy atom. The Labute approximate surface area is 157 Å². The molecule has 2 aliphatic heterocycles. The van der Waals surface area contributed by atoms with E-state index in [1.165, 1.54) is 50.7 Å². The van der Waals surface area contributed by atoms with Gasteiger partial charge >= 0.3 is 0 Å². The van der Waals surface area contributed by atoms with Crippen molar-refractivity contribution in [1.29, 1.82) is 0 Å². The molecule has 0 aromatic rings. The fourth-order valence-electron chi connectivity index (χ4n) is 6.42. The van der Waals surface area contributed by atoms with Crippen LogP contribution in [0.3, 0.4) is 0 Å². The maximum Gasteiger partial charge on any atom is 0.122 e. The summed E-state index contributed by atoms with van der Waals surface area (Å²) in [5, 5.41) is 0. The molecule has 0 amide bonds. The number of allylic oxidation sites excluding steroid dienone is 4. The second-order valence-electron chi connectivity index (χ2n) is 9.34. The topological polar surface area (TPSA) is 18.5 Å². The third-order valence-corrected chi connectivity index (χ3v) is 7.79.